The van der Waals surface area contributed by atoms with E-state index in [1.165, 1.54) is 7.11 Å². The molecule has 0 radical (unpaired) electrons. The van der Waals surface area contributed by atoms with E-state index in [1.807, 2.05) is 0 Å². The summed E-state index contributed by atoms with van der Waals surface area (Å²) in [7, 11) is 1.29. The van der Waals surface area contributed by atoms with Crippen molar-refractivity contribution in [3.05, 3.63) is 0 Å². The molecular formula is C19H35NO15. The molecule has 3 aliphatic heterocycles. The van der Waals surface area contributed by atoms with E-state index in [0.717, 1.165) is 0 Å². The predicted molar refractivity (Wildman–Crippen MR) is 108 cm³/mol. The molecule has 16 heteroatoms. The number of nitrogens with two attached hydrogens (primary N) is 1. The number of methoxy groups -OCH3 is 1. The first kappa shape index (κ1) is 28.9. The van der Waals surface area contributed by atoms with Crippen LogP contribution >= 0.6 is 0 Å². The maximum atomic E-state index is 10.9. The van der Waals surface area contributed by atoms with Gasteiger partial charge in [0.15, 0.2) is 18.9 Å². The molecule has 15 atom stereocenters. The summed E-state index contributed by atoms with van der Waals surface area (Å²) in [6, 6.07) is -1.10. The Labute approximate surface area is 199 Å². The normalized spacial score (nSPS) is 51.3. The highest BCUT2D eigenvalue weighted by molar-refractivity contribution is 4.97. The highest BCUT2D eigenvalue weighted by atomic mass is 16.8. The van der Waals surface area contributed by atoms with Crippen molar-refractivity contribution >= 4 is 0 Å². The topological polar surface area (TPSA) is 263 Å². The first-order valence-corrected chi connectivity index (χ1v) is 11.1. The summed E-state index contributed by atoms with van der Waals surface area (Å²) in [6.45, 7) is -2.13. The van der Waals surface area contributed by atoms with Gasteiger partial charge in [-0.25, -0.2) is 0 Å². The van der Waals surface area contributed by atoms with Crippen molar-refractivity contribution in [1.29, 1.82) is 0 Å². The smallest absolute Gasteiger partial charge is 0.187 e. The molecule has 0 aromatic rings. The Morgan fingerprint density at radius 3 is 1.60 bits per heavy atom. The number of hydrogen-bond donors (Lipinski definition) is 10. The van der Waals surface area contributed by atoms with E-state index in [9.17, 15) is 46.0 Å². The molecule has 0 spiro atoms. The number of ether oxygens (including phenoxy) is 6. The average molecular weight is 517 g/mol. The SMILES string of the molecule is CO[C@@H]1OC(CO)[C@@H](OC2OC(CO)[C@H](O)C(O[C@H]3OC(CO)[C@H](O)C(O)C3O)C2O)C(O)C1N. The predicted octanol–water partition coefficient (Wildman–Crippen LogP) is -6.95. The van der Waals surface area contributed by atoms with Crippen LogP contribution in [0.15, 0.2) is 0 Å². The van der Waals surface area contributed by atoms with Gasteiger partial charge in [-0.2, -0.15) is 0 Å². The van der Waals surface area contributed by atoms with E-state index in [-0.39, 0.29) is 0 Å². The summed E-state index contributed by atoms with van der Waals surface area (Å²) in [5, 5.41) is 90.8. The second-order valence-corrected chi connectivity index (χ2v) is 8.63. The van der Waals surface area contributed by atoms with E-state index in [0.29, 0.717) is 0 Å². The van der Waals surface area contributed by atoms with Crippen molar-refractivity contribution in [1.82, 2.24) is 0 Å². The van der Waals surface area contributed by atoms with Crippen LogP contribution in [0.2, 0.25) is 0 Å². The third kappa shape index (κ3) is 5.78. The highest BCUT2D eigenvalue weighted by Gasteiger charge is 2.53. The zero-order valence-corrected chi connectivity index (χ0v) is 18.8. The zero-order chi connectivity index (χ0) is 26.0. The van der Waals surface area contributed by atoms with Gasteiger partial charge in [0.2, 0.25) is 0 Å². The third-order valence-corrected chi connectivity index (χ3v) is 6.39. The van der Waals surface area contributed by atoms with E-state index in [1.54, 1.807) is 0 Å². The molecule has 35 heavy (non-hydrogen) atoms. The molecule has 10 unspecified atom stereocenters. The minimum absolute atomic E-state index is 0.631. The van der Waals surface area contributed by atoms with Gasteiger partial charge >= 0.3 is 0 Å². The third-order valence-electron chi connectivity index (χ3n) is 6.39. The van der Waals surface area contributed by atoms with Gasteiger partial charge in [0.1, 0.15) is 67.1 Å². The first-order valence-electron chi connectivity index (χ1n) is 11.1. The van der Waals surface area contributed by atoms with Gasteiger partial charge in [0.05, 0.1) is 25.9 Å². The first-order chi connectivity index (χ1) is 16.6. The van der Waals surface area contributed by atoms with Crippen LogP contribution in [0.3, 0.4) is 0 Å². The maximum Gasteiger partial charge on any atom is 0.187 e. The summed E-state index contributed by atoms with van der Waals surface area (Å²) >= 11 is 0. The number of aliphatic hydroxyl groups is 9. The number of rotatable bonds is 8. The number of hydrogen-bond acceptors (Lipinski definition) is 16. The second-order valence-electron chi connectivity index (χ2n) is 8.63. The molecular weight excluding hydrogens is 482 g/mol. The second kappa shape index (κ2) is 12.3. The summed E-state index contributed by atoms with van der Waals surface area (Å²) in [5.41, 5.74) is 5.89. The van der Waals surface area contributed by atoms with Crippen molar-refractivity contribution in [3.63, 3.8) is 0 Å². The van der Waals surface area contributed by atoms with Gasteiger partial charge in [0, 0.05) is 7.11 Å². The molecule has 0 bridgehead atoms. The van der Waals surface area contributed by atoms with Crippen molar-refractivity contribution < 1.29 is 74.4 Å². The summed E-state index contributed by atoms with van der Waals surface area (Å²) in [4.78, 5) is 0. The Morgan fingerprint density at radius 2 is 1.06 bits per heavy atom. The fourth-order valence-electron chi connectivity index (χ4n) is 4.28. The van der Waals surface area contributed by atoms with Crippen LogP contribution < -0.4 is 5.73 Å². The minimum Gasteiger partial charge on any atom is -0.394 e. The molecule has 3 fully saturated rings. The maximum absolute atomic E-state index is 10.9. The molecule has 3 aliphatic rings. The van der Waals surface area contributed by atoms with Crippen LogP contribution in [-0.2, 0) is 28.4 Å². The van der Waals surface area contributed by atoms with Crippen LogP contribution in [0.25, 0.3) is 0 Å². The molecule has 3 saturated heterocycles. The van der Waals surface area contributed by atoms with Gasteiger partial charge in [-0.05, 0) is 0 Å². The van der Waals surface area contributed by atoms with Crippen LogP contribution in [0.4, 0.5) is 0 Å². The van der Waals surface area contributed by atoms with Gasteiger partial charge in [0.25, 0.3) is 0 Å². The number of aliphatic hydroxyl groups excluding tert-OH is 9. The molecule has 0 aromatic heterocycles. The molecule has 0 aliphatic carbocycles. The lowest BCUT2D eigenvalue weighted by Crippen LogP contribution is -2.67. The molecule has 3 heterocycles. The fourth-order valence-corrected chi connectivity index (χ4v) is 4.28. The Balaban J connectivity index is 1.78. The molecule has 206 valence electrons. The lowest BCUT2D eigenvalue weighted by Gasteiger charge is -2.48. The van der Waals surface area contributed by atoms with E-state index in [2.05, 4.69) is 0 Å². The lowest BCUT2D eigenvalue weighted by atomic mass is 9.95. The van der Waals surface area contributed by atoms with Crippen LogP contribution in [0, 0.1) is 0 Å². The summed E-state index contributed by atoms with van der Waals surface area (Å²) < 4.78 is 32.3. The van der Waals surface area contributed by atoms with Gasteiger partial charge < -0.3 is 80.1 Å². The van der Waals surface area contributed by atoms with Crippen LogP contribution in [0.1, 0.15) is 0 Å². The van der Waals surface area contributed by atoms with Crippen molar-refractivity contribution in [2.45, 2.75) is 92.1 Å². The van der Waals surface area contributed by atoms with E-state index < -0.39 is 112 Å². The van der Waals surface area contributed by atoms with Gasteiger partial charge in [-0.3, -0.25) is 0 Å². The highest BCUT2D eigenvalue weighted by Crippen LogP contribution is 2.32. The quantitative estimate of drug-likeness (QED) is 0.143. The molecule has 0 aromatic carbocycles. The fraction of sp³-hybridized carbons (Fsp3) is 1.00. The molecule has 3 rings (SSSR count). The molecule has 0 saturated carbocycles. The zero-order valence-electron chi connectivity index (χ0n) is 18.8. The van der Waals surface area contributed by atoms with E-state index >= 15 is 0 Å². The standard InChI is InChI=1S/C19H35NO15/c1-30-17-8(20)11(26)15(7(4-23)33-17)34-19-14(29)16(10(25)6(3-22)32-19)35-18-13(28)12(27)9(24)5(2-21)31-18/h5-19,21-29H,2-4,20H2,1H3/t5?,6?,7?,8?,9-,10-,11?,12?,13?,14?,15+,16?,17+,18+,19?/m0/s1. The summed E-state index contributed by atoms with van der Waals surface area (Å²) in [5.74, 6) is 0. The Morgan fingerprint density at radius 1 is 0.571 bits per heavy atom. The van der Waals surface area contributed by atoms with Gasteiger partial charge in [-0.1, -0.05) is 0 Å². The lowest BCUT2D eigenvalue weighted by molar-refractivity contribution is -0.375. The van der Waals surface area contributed by atoms with Crippen LogP contribution in [0.5, 0.6) is 0 Å². The molecule has 11 N–H and O–H groups in total. The largest absolute Gasteiger partial charge is 0.394 e. The molecule has 0 amide bonds. The molecule has 16 nitrogen and oxygen atoms in total. The Hall–Kier alpha value is -0.640. The Kier molecular flexibility index (Phi) is 10.1. The van der Waals surface area contributed by atoms with Crippen LogP contribution in [-0.4, -0.2) is 165 Å². The monoisotopic (exact) mass is 517 g/mol. The minimum atomic E-state index is -1.83. The van der Waals surface area contributed by atoms with Crippen molar-refractivity contribution in [2.75, 3.05) is 26.9 Å². The Bertz CT molecular complexity index is 658. The summed E-state index contributed by atoms with van der Waals surface area (Å²) in [6.07, 6.45) is -21.6. The van der Waals surface area contributed by atoms with Crippen molar-refractivity contribution in [3.8, 4) is 0 Å². The van der Waals surface area contributed by atoms with Gasteiger partial charge in [-0.15, -0.1) is 0 Å². The average Bonchev–Trinajstić information content (AvgIpc) is 2.86. The van der Waals surface area contributed by atoms with E-state index in [4.69, 9.17) is 34.2 Å². The van der Waals surface area contributed by atoms with Crippen molar-refractivity contribution in [2.24, 2.45) is 5.73 Å².